The molecule has 3 aromatic heterocycles. The molecule has 0 saturated carbocycles. The molecule has 4 rings (SSSR count). The number of amides is 2. The number of anilines is 1. The van der Waals surface area contributed by atoms with Gasteiger partial charge in [0.1, 0.15) is 0 Å². The second kappa shape index (κ2) is 8.10. The fraction of sp³-hybridized carbons (Fsp3) is 0.150. The summed E-state index contributed by atoms with van der Waals surface area (Å²) in [6, 6.07) is 14.6. The van der Waals surface area contributed by atoms with Crippen LogP contribution in [0.5, 0.6) is 0 Å². The first-order valence-electron chi connectivity index (χ1n) is 8.88. The molecule has 0 spiro atoms. The largest absolute Gasteiger partial charge is 0.350 e. The van der Waals surface area contributed by atoms with Crippen molar-refractivity contribution in [1.82, 2.24) is 19.5 Å². The molecule has 2 N–H and O–H groups in total. The number of thiophene rings is 1. The second-order valence-electron chi connectivity index (χ2n) is 6.33. The Morgan fingerprint density at radius 1 is 1.11 bits per heavy atom. The first kappa shape index (κ1) is 18.0. The number of aromatic nitrogens is 3. The summed E-state index contributed by atoms with van der Waals surface area (Å²) in [6.45, 7) is 0.898. The molecule has 8 heteroatoms. The summed E-state index contributed by atoms with van der Waals surface area (Å²) in [4.78, 5) is 24.5. The molecule has 2 amide bonds. The Morgan fingerprint density at radius 3 is 2.86 bits per heavy atom. The highest BCUT2D eigenvalue weighted by molar-refractivity contribution is 7.07. The molecule has 0 radical (unpaired) electrons. The predicted molar refractivity (Wildman–Crippen MR) is 110 cm³/mol. The first-order valence-corrected chi connectivity index (χ1v) is 9.82. The van der Waals surface area contributed by atoms with E-state index in [2.05, 4.69) is 27.2 Å². The number of nitrogens with one attached hydrogen (secondary N) is 2. The summed E-state index contributed by atoms with van der Waals surface area (Å²) < 4.78 is 2.92. The second-order valence-corrected chi connectivity index (χ2v) is 7.11. The maximum Gasteiger partial charge on any atom is 0.350 e. The van der Waals surface area contributed by atoms with Crippen LogP contribution in [0.3, 0.4) is 0 Å². The zero-order chi connectivity index (χ0) is 19.3. The maximum absolute atomic E-state index is 12.4. The van der Waals surface area contributed by atoms with Crippen LogP contribution in [0.15, 0.2) is 70.3 Å². The van der Waals surface area contributed by atoms with Crippen LogP contribution in [0.4, 0.5) is 10.5 Å². The number of carbonyl (C=O) groups is 1. The van der Waals surface area contributed by atoms with Gasteiger partial charge < -0.3 is 10.6 Å². The minimum Gasteiger partial charge on any atom is -0.338 e. The van der Waals surface area contributed by atoms with E-state index in [9.17, 15) is 9.59 Å². The lowest BCUT2D eigenvalue weighted by atomic mass is 10.2. The monoisotopic (exact) mass is 393 g/mol. The molecule has 4 aromatic rings. The standard InChI is InChI=1S/C20H19N5O2S/c26-19(21-9-7-15-8-11-28-14-15)22-17-5-3-4-16(12-17)13-25-20(27)24-10-2-1-6-18(24)23-25/h1-6,8,10-12,14H,7,9,13H2,(H2,21,22,26). The third kappa shape index (κ3) is 4.12. The highest BCUT2D eigenvalue weighted by Crippen LogP contribution is 2.12. The Kier molecular flexibility index (Phi) is 5.20. The van der Waals surface area contributed by atoms with Crippen LogP contribution < -0.4 is 16.3 Å². The summed E-state index contributed by atoms with van der Waals surface area (Å²) in [5.74, 6) is 0. The van der Waals surface area contributed by atoms with E-state index < -0.39 is 0 Å². The van der Waals surface area contributed by atoms with Gasteiger partial charge in [0.15, 0.2) is 5.65 Å². The molecule has 0 atom stereocenters. The molecule has 0 unspecified atom stereocenters. The number of rotatable bonds is 6. The predicted octanol–water partition coefficient (Wildman–Crippen LogP) is 2.97. The molecule has 0 aliphatic heterocycles. The van der Waals surface area contributed by atoms with Crippen molar-refractivity contribution in [3.05, 3.63) is 87.1 Å². The van der Waals surface area contributed by atoms with E-state index in [0.29, 0.717) is 24.4 Å². The molecule has 0 saturated heterocycles. The molecular formula is C20H19N5O2S. The van der Waals surface area contributed by atoms with Gasteiger partial charge in [0.2, 0.25) is 0 Å². The number of urea groups is 1. The van der Waals surface area contributed by atoms with Gasteiger partial charge in [-0.2, -0.15) is 11.3 Å². The van der Waals surface area contributed by atoms with Gasteiger partial charge in [-0.3, -0.25) is 4.40 Å². The van der Waals surface area contributed by atoms with E-state index in [1.807, 2.05) is 35.7 Å². The summed E-state index contributed by atoms with van der Waals surface area (Å²) in [7, 11) is 0. The van der Waals surface area contributed by atoms with Crippen molar-refractivity contribution >= 4 is 28.7 Å². The molecule has 7 nitrogen and oxygen atoms in total. The number of carbonyl (C=O) groups excluding carboxylic acids is 1. The van der Waals surface area contributed by atoms with Crippen LogP contribution in [0.2, 0.25) is 0 Å². The molecule has 28 heavy (non-hydrogen) atoms. The minimum absolute atomic E-state index is 0.194. The smallest absolute Gasteiger partial charge is 0.338 e. The van der Waals surface area contributed by atoms with Gasteiger partial charge in [-0.05, 0) is 58.6 Å². The number of nitrogens with zero attached hydrogens (tertiary/aromatic N) is 3. The number of fused-ring (bicyclic) bond motifs is 1. The average Bonchev–Trinajstić information content (AvgIpc) is 3.31. The van der Waals surface area contributed by atoms with Gasteiger partial charge in [-0.15, -0.1) is 5.10 Å². The van der Waals surface area contributed by atoms with E-state index in [1.165, 1.54) is 14.6 Å². The van der Waals surface area contributed by atoms with Gasteiger partial charge in [-0.1, -0.05) is 18.2 Å². The molecule has 0 aliphatic carbocycles. The molecule has 3 heterocycles. The summed E-state index contributed by atoms with van der Waals surface area (Å²) in [6.07, 6.45) is 2.49. The van der Waals surface area contributed by atoms with E-state index in [1.54, 1.807) is 29.7 Å². The number of pyridine rings is 1. The van der Waals surface area contributed by atoms with E-state index in [4.69, 9.17) is 0 Å². The van der Waals surface area contributed by atoms with Gasteiger partial charge >= 0.3 is 11.7 Å². The Bertz CT molecular complexity index is 1150. The Morgan fingerprint density at radius 2 is 2.04 bits per heavy atom. The number of hydrogen-bond donors (Lipinski definition) is 2. The molecule has 1 aromatic carbocycles. The average molecular weight is 393 g/mol. The zero-order valence-electron chi connectivity index (χ0n) is 15.0. The fourth-order valence-electron chi connectivity index (χ4n) is 2.92. The van der Waals surface area contributed by atoms with Gasteiger partial charge in [0.25, 0.3) is 0 Å². The lowest BCUT2D eigenvalue weighted by Crippen LogP contribution is -2.30. The molecule has 0 aliphatic rings. The molecule has 142 valence electrons. The fourth-order valence-corrected chi connectivity index (χ4v) is 3.63. The quantitative estimate of drug-likeness (QED) is 0.528. The summed E-state index contributed by atoms with van der Waals surface area (Å²) in [5.41, 5.74) is 3.17. The highest BCUT2D eigenvalue weighted by Gasteiger charge is 2.08. The summed E-state index contributed by atoms with van der Waals surface area (Å²) >= 11 is 1.65. The van der Waals surface area contributed by atoms with Crippen molar-refractivity contribution in [2.45, 2.75) is 13.0 Å². The third-order valence-electron chi connectivity index (χ3n) is 4.28. The third-order valence-corrected chi connectivity index (χ3v) is 5.02. The number of benzene rings is 1. The van der Waals surface area contributed by atoms with E-state index >= 15 is 0 Å². The topological polar surface area (TPSA) is 80.4 Å². The molecule has 0 fully saturated rings. The van der Waals surface area contributed by atoms with Crippen LogP contribution in [0, 0.1) is 0 Å². The van der Waals surface area contributed by atoms with Crippen LogP contribution in [0.1, 0.15) is 11.1 Å². The van der Waals surface area contributed by atoms with Gasteiger partial charge in [0, 0.05) is 18.4 Å². The highest BCUT2D eigenvalue weighted by atomic mass is 32.1. The normalized spacial score (nSPS) is 10.9. The van der Waals surface area contributed by atoms with E-state index in [-0.39, 0.29) is 11.7 Å². The SMILES string of the molecule is O=C(NCCc1ccsc1)Nc1cccc(Cn2nc3ccccn3c2=O)c1. The van der Waals surface area contributed by atoms with Crippen LogP contribution in [-0.4, -0.2) is 26.8 Å². The lowest BCUT2D eigenvalue weighted by molar-refractivity contribution is 0.252. The van der Waals surface area contributed by atoms with Crippen molar-refractivity contribution < 1.29 is 4.79 Å². The molecular weight excluding hydrogens is 374 g/mol. The Balaban J connectivity index is 1.39. The summed E-state index contributed by atoms with van der Waals surface area (Å²) in [5, 5.41) is 14.1. The van der Waals surface area contributed by atoms with Gasteiger partial charge in [0.05, 0.1) is 6.54 Å². The van der Waals surface area contributed by atoms with E-state index in [0.717, 1.165) is 12.0 Å². The van der Waals surface area contributed by atoms with Crippen molar-refractivity contribution in [1.29, 1.82) is 0 Å². The van der Waals surface area contributed by atoms with Crippen molar-refractivity contribution in [2.75, 3.05) is 11.9 Å². The first-order chi connectivity index (χ1) is 13.7. The van der Waals surface area contributed by atoms with Crippen LogP contribution in [-0.2, 0) is 13.0 Å². The number of hydrogen-bond acceptors (Lipinski definition) is 4. The van der Waals surface area contributed by atoms with Crippen molar-refractivity contribution in [3.8, 4) is 0 Å². The van der Waals surface area contributed by atoms with Crippen molar-refractivity contribution in [2.24, 2.45) is 0 Å². The maximum atomic E-state index is 12.4. The zero-order valence-corrected chi connectivity index (χ0v) is 15.9. The molecule has 0 bridgehead atoms. The Labute approximate surface area is 165 Å². The van der Waals surface area contributed by atoms with Crippen LogP contribution >= 0.6 is 11.3 Å². The van der Waals surface area contributed by atoms with Crippen LogP contribution in [0.25, 0.3) is 5.65 Å². The lowest BCUT2D eigenvalue weighted by Gasteiger charge is -2.09. The van der Waals surface area contributed by atoms with Gasteiger partial charge in [-0.25, -0.2) is 14.3 Å². The Hall–Kier alpha value is -3.39. The van der Waals surface area contributed by atoms with Crippen molar-refractivity contribution in [3.63, 3.8) is 0 Å². The minimum atomic E-state index is -0.253.